The van der Waals surface area contributed by atoms with E-state index in [9.17, 15) is 4.79 Å². The zero-order chi connectivity index (χ0) is 22.2. The van der Waals surface area contributed by atoms with E-state index >= 15 is 0 Å². The number of hydrogen-bond acceptors (Lipinski definition) is 4. The number of rotatable bonds is 10. The second-order valence-corrected chi connectivity index (χ2v) is 8.08. The van der Waals surface area contributed by atoms with Gasteiger partial charge >= 0.3 is 0 Å². The summed E-state index contributed by atoms with van der Waals surface area (Å²) in [5, 5.41) is 0. The van der Waals surface area contributed by atoms with Crippen molar-refractivity contribution in [1.29, 1.82) is 0 Å². The van der Waals surface area contributed by atoms with Crippen LogP contribution in [-0.2, 0) is 24.2 Å². The lowest BCUT2D eigenvalue weighted by Crippen LogP contribution is -2.31. The van der Waals surface area contributed by atoms with E-state index in [1.807, 2.05) is 55.1 Å². The Balaban J connectivity index is 1.53. The van der Waals surface area contributed by atoms with Gasteiger partial charge in [-0.25, -0.2) is 4.98 Å². The van der Waals surface area contributed by atoms with Crippen molar-refractivity contribution >= 4 is 5.91 Å². The van der Waals surface area contributed by atoms with Crippen LogP contribution in [0.3, 0.4) is 0 Å². The molecule has 0 unspecified atom stereocenters. The number of oxazole rings is 1. The van der Waals surface area contributed by atoms with Gasteiger partial charge in [-0.1, -0.05) is 50.2 Å². The number of nitrogens with zero attached hydrogens (tertiary/aromatic N) is 2. The van der Waals surface area contributed by atoms with Crippen molar-refractivity contribution in [2.45, 2.75) is 53.0 Å². The van der Waals surface area contributed by atoms with Gasteiger partial charge in [-0.2, -0.15) is 0 Å². The molecule has 3 rings (SSSR count). The molecule has 31 heavy (non-hydrogen) atoms. The highest BCUT2D eigenvalue weighted by atomic mass is 16.5. The maximum atomic E-state index is 12.9. The summed E-state index contributed by atoms with van der Waals surface area (Å²) in [6, 6.07) is 16.3. The lowest BCUT2D eigenvalue weighted by molar-refractivity contribution is -0.130. The Kier molecular flexibility index (Phi) is 7.88. The van der Waals surface area contributed by atoms with E-state index in [0.717, 1.165) is 28.3 Å². The van der Waals surface area contributed by atoms with Crippen LogP contribution < -0.4 is 4.74 Å². The van der Waals surface area contributed by atoms with Crippen molar-refractivity contribution in [3.8, 4) is 5.75 Å². The van der Waals surface area contributed by atoms with Crippen molar-refractivity contribution in [2.75, 3.05) is 13.2 Å². The van der Waals surface area contributed by atoms with Crippen LogP contribution >= 0.6 is 0 Å². The fourth-order valence-corrected chi connectivity index (χ4v) is 3.47. The molecular formula is C26H32N2O3. The number of hydrogen-bond donors (Lipinski definition) is 0. The second kappa shape index (κ2) is 10.8. The number of likely N-dealkylation sites (N-methyl/N-ethyl adjacent to an activating group) is 1. The molecule has 5 nitrogen and oxygen atoms in total. The summed E-state index contributed by atoms with van der Waals surface area (Å²) < 4.78 is 11.0. The zero-order valence-electron chi connectivity index (χ0n) is 18.9. The molecule has 0 radical (unpaired) electrons. The van der Waals surface area contributed by atoms with E-state index in [2.05, 4.69) is 31.0 Å². The van der Waals surface area contributed by atoms with E-state index in [1.165, 1.54) is 12.0 Å². The average molecular weight is 421 g/mol. The van der Waals surface area contributed by atoms with E-state index in [-0.39, 0.29) is 5.91 Å². The first-order valence-corrected chi connectivity index (χ1v) is 10.9. The zero-order valence-corrected chi connectivity index (χ0v) is 18.9. The minimum absolute atomic E-state index is 0.145. The van der Waals surface area contributed by atoms with Crippen LogP contribution in [0.2, 0.25) is 0 Å². The van der Waals surface area contributed by atoms with Crippen molar-refractivity contribution in [3.63, 3.8) is 0 Å². The maximum Gasteiger partial charge on any atom is 0.227 e. The summed E-state index contributed by atoms with van der Waals surface area (Å²) in [7, 11) is 0. The van der Waals surface area contributed by atoms with Crippen molar-refractivity contribution in [2.24, 2.45) is 0 Å². The van der Waals surface area contributed by atoms with Gasteiger partial charge in [0.2, 0.25) is 5.91 Å². The maximum absolute atomic E-state index is 12.9. The average Bonchev–Trinajstić information content (AvgIpc) is 3.17. The van der Waals surface area contributed by atoms with E-state index in [1.54, 1.807) is 0 Å². The fraction of sp³-hybridized carbons (Fsp3) is 0.385. The van der Waals surface area contributed by atoms with Gasteiger partial charge in [-0.15, -0.1) is 0 Å². The summed E-state index contributed by atoms with van der Waals surface area (Å²) in [5.74, 6) is 2.24. The Labute approximate surface area is 185 Å². The predicted octanol–water partition coefficient (Wildman–Crippen LogP) is 5.32. The summed E-state index contributed by atoms with van der Waals surface area (Å²) in [6.45, 7) is 10.1. The molecule has 0 aliphatic rings. The number of ether oxygens (including phenoxy) is 1. The molecule has 0 saturated carbocycles. The first kappa shape index (κ1) is 22.6. The number of carbonyl (C=O) groups excluding carboxylic acids is 1. The normalized spacial score (nSPS) is 11.0. The number of aryl methyl sites for hydroxylation is 1. The van der Waals surface area contributed by atoms with Gasteiger partial charge < -0.3 is 14.1 Å². The SMILES string of the molecule is CCN(Cc1ccc(OCCc2ncoc2C)cc1)C(=O)Cc1cccc(C(C)C)c1. The highest BCUT2D eigenvalue weighted by molar-refractivity contribution is 5.78. The number of benzene rings is 2. The standard InChI is InChI=1S/C26H32N2O3/c1-5-28(26(29)16-22-7-6-8-23(15-22)19(2)3)17-21-9-11-24(12-10-21)30-14-13-25-20(4)31-18-27-25/h6-12,15,18-19H,5,13-14,16-17H2,1-4H3. The Morgan fingerprint density at radius 2 is 1.90 bits per heavy atom. The Morgan fingerprint density at radius 1 is 1.13 bits per heavy atom. The summed E-state index contributed by atoms with van der Waals surface area (Å²) in [6.07, 6.45) is 2.60. The van der Waals surface area contributed by atoms with Crippen LogP contribution in [0.4, 0.5) is 0 Å². The van der Waals surface area contributed by atoms with Crippen LogP contribution in [-0.4, -0.2) is 28.9 Å². The molecule has 5 heteroatoms. The third-order valence-corrected chi connectivity index (χ3v) is 5.46. The smallest absolute Gasteiger partial charge is 0.227 e. The number of carbonyl (C=O) groups is 1. The largest absolute Gasteiger partial charge is 0.493 e. The van der Waals surface area contributed by atoms with E-state index in [4.69, 9.17) is 9.15 Å². The van der Waals surface area contributed by atoms with Gasteiger partial charge in [0.05, 0.1) is 18.7 Å². The first-order chi connectivity index (χ1) is 15.0. The molecule has 0 fully saturated rings. The van der Waals surface area contributed by atoms with Gasteiger partial charge in [-0.3, -0.25) is 4.79 Å². The fourth-order valence-electron chi connectivity index (χ4n) is 3.47. The van der Waals surface area contributed by atoms with Crippen molar-refractivity contribution in [3.05, 3.63) is 83.1 Å². The topological polar surface area (TPSA) is 55.6 Å². The van der Waals surface area contributed by atoms with Gasteiger partial charge in [0.15, 0.2) is 6.39 Å². The summed E-state index contributed by atoms with van der Waals surface area (Å²) >= 11 is 0. The summed E-state index contributed by atoms with van der Waals surface area (Å²) in [4.78, 5) is 18.9. The Bertz CT molecular complexity index is 976. The quantitative estimate of drug-likeness (QED) is 0.445. The molecule has 0 bridgehead atoms. The molecule has 1 amide bonds. The molecule has 164 valence electrons. The highest BCUT2D eigenvalue weighted by Gasteiger charge is 2.14. The molecule has 1 heterocycles. The van der Waals surface area contributed by atoms with Crippen LogP contribution in [0.1, 0.15) is 54.8 Å². The van der Waals surface area contributed by atoms with Gasteiger partial charge in [0, 0.05) is 19.5 Å². The summed E-state index contributed by atoms with van der Waals surface area (Å²) in [5.41, 5.74) is 4.35. The number of amides is 1. The molecule has 3 aromatic rings. The molecule has 0 saturated heterocycles. The molecule has 2 aromatic carbocycles. The van der Waals surface area contributed by atoms with Crippen molar-refractivity contribution < 1.29 is 13.9 Å². The Hall–Kier alpha value is -3.08. The molecule has 0 spiro atoms. The first-order valence-electron chi connectivity index (χ1n) is 10.9. The lowest BCUT2D eigenvalue weighted by atomic mass is 9.99. The molecule has 0 aliphatic heterocycles. The Morgan fingerprint density at radius 3 is 2.55 bits per heavy atom. The lowest BCUT2D eigenvalue weighted by Gasteiger charge is -2.21. The molecule has 0 aliphatic carbocycles. The van der Waals surface area contributed by atoms with Gasteiger partial charge in [-0.05, 0) is 48.6 Å². The van der Waals surface area contributed by atoms with E-state index in [0.29, 0.717) is 38.5 Å². The van der Waals surface area contributed by atoms with E-state index < -0.39 is 0 Å². The van der Waals surface area contributed by atoms with Crippen LogP contribution in [0.25, 0.3) is 0 Å². The monoisotopic (exact) mass is 420 g/mol. The third-order valence-electron chi connectivity index (χ3n) is 5.46. The molecule has 0 atom stereocenters. The predicted molar refractivity (Wildman–Crippen MR) is 122 cm³/mol. The molecular weight excluding hydrogens is 388 g/mol. The molecule has 1 aromatic heterocycles. The molecule has 0 N–H and O–H groups in total. The minimum atomic E-state index is 0.145. The minimum Gasteiger partial charge on any atom is -0.493 e. The van der Waals surface area contributed by atoms with Gasteiger partial charge in [0.1, 0.15) is 11.5 Å². The van der Waals surface area contributed by atoms with Crippen molar-refractivity contribution in [1.82, 2.24) is 9.88 Å². The second-order valence-electron chi connectivity index (χ2n) is 8.08. The van der Waals surface area contributed by atoms with Crippen LogP contribution in [0.5, 0.6) is 5.75 Å². The van der Waals surface area contributed by atoms with Crippen LogP contribution in [0.15, 0.2) is 59.3 Å². The third kappa shape index (κ3) is 6.45. The highest BCUT2D eigenvalue weighted by Crippen LogP contribution is 2.18. The van der Waals surface area contributed by atoms with Gasteiger partial charge in [0.25, 0.3) is 0 Å². The number of aromatic nitrogens is 1. The van der Waals surface area contributed by atoms with Crippen LogP contribution in [0, 0.1) is 6.92 Å².